The van der Waals surface area contributed by atoms with Crippen molar-refractivity contribution in [3.63, 3.8) is 0 Å². The molecule has 2 aromatic rings. The standard InChI is InChI=1S/C14H11ClN2O2S/c15-13-5-10(2-1-9(13)7-16)17-8-12-4-3-11(20-12)6-14(18)19/h1-5,17H,6,8H2,(H,18,19). The van der Waals surface area contributed by atoms with Gasteiger partial charge in [0.25, 0.3) is 0 Å². The average Bonchev–Trinajstić information content (AvgIpc) is 2.83. The summed E-state index contributed by atoms with van der Waals surface area (Å²) in [5.74, 6) is -0.828. The van der Waals surface area contributed by atoms with E-state index in [-0.39, 0.29) is 6.42 Å². The Bertz CT molecular complexity index is 676. The molecular weight excluding hydrogens is 296 g/mol. The van der Waals surface area contributed by atoms with Gasteiger partial charge in [-0.1, -0.05) is 11.6 Å². The van der Waals surface area contributed by atoms with Gasteiger partial charge in [0.05, 0.1) is 17.0 Å². The number of carboxylic acid groups (broad SMARTS) is 1. The first-order chi connectivity index (χ1) is 9.58. The summed E-state index contributed by atoms with van der Waals surface area (Å²) in [6, 6.07) is 10.9. The normalized spacial score (nSPS) is 10.0. The van der Waals surface area contributed by atoms with Crippen molar-refractivity contribution in [2.45, 2.75) is 13.0 Å². The summed E-state index contributed by atoms with van der Waals surface area (Å²) in [5, 5.41) is 21.1. The van der Waals surface area contributed by atoms with Crippen LogP contribution in [0.15, 0.2) is 30.3 Å². The van der Waals surface area contributed by atoms with Crippen molar-refractivity contribution in [2.24, 2.45) is 0 Å². The van der Waals surface area contributed by atoms with Crippen LogP contribution in [0.3, 0.4) is 0 Å². The molecule has 0 spiro atoms. The zero-order valence-electron chi connectivity index (χ0n) is 10.4. The van der Waals surface area contributed by atoms with E-state index in [9.17, 15) is 4.79 Å². The van der Waals surface area contributed by atoms with Crippen LogP contribution in [-0.2, 0) is 17.8 Å². The number of aliphatic carboxylic acids is 1. The Kier molecular flexibility index (Phi) is 4.61. The third-order valence-corrected chi connectivity index (χ3v) is 4.00. The molecule has 1 aromatic carbocycles. The SMILES string of the molecule is N#Cc1ccc(NCc2ccc(CC(=O)O)s2)cc1Cl. The molecular formula is C14H11ClN2O2S. The quantitative estimate of drug-likeness (QED) is 0.886. The van der Waals surface area contributed by atoms with Crippen molar-refractivity contribution in [1.82, 2.24) is 0 Å². The highest BCUT2D eigenvalue weighted by atomic mass is 35.5. The van der Waals surface area contributed by atoms with Crippen molar-refractivity contribution in [3.8, 4) is 6.07 Å². The molecule has 6 heteroatoms. The Hall–Kier alpha value is -2.03. The topological polar surface area (TPSA) is 73.1 Å². The minimum Gasteiger partial charge on any atom is -0.481 e. The summed E-state index contributed by atoms with van der Waals surface area (Å²) in [5.41, 5.74) is 1.26. The van der Waals surface area contributed by atoms with Gasteiger partial charge in [-0.25, -0.2) is 0 Å². The number of carbonyl (C=O) groups is 1. The number of hydrogen-bond acceptors (Lipinski definition) is 4. The summed E-state index contributed by atoms with van der Waals surface area (Å²) >= 11 is 7.41. The van der Waals surface area contributed by atoms with Crippen LogP contribution in [0.2, 0.25) is 5.02 Å². The van der Waals surface area contributed by atoms with Crippen LogP contribution >= 0.6 is 22.9 Å². The molecule has 0 bridgehead atoms. The van der Waals surface area contributed by atoms with Gasteiger partial charge in [0.2, 0.25) is 0 Å². The first kappa shape index (κ1) is 14.4. The molecule has 0 saturated carbocycles. The summed E-state index contributed by atoms with van der Waals surface area (Å²) in [4.78, 5) is 12.5. The van der Waals surface area contributed by atoms with E-state index in [1.807, 2.05) is 18.2 Å². The minimum absolute atomic E-state index is 0.0490. The maximum Gasteiger partial charge on any atom is 0.308 e. The fraction of sp³-hybridized carbons (Fsp3) is 0.143. The summed E-state index contributed by atoms with van der Waals surface area (Å²) in [6.07, 6.45) is 0.0490. The number of carboxylic acids is 1. The zero-order chi connectivity index (χ0) is 14.5. The minimum atomic E-state index is -0.828. The summed E-state index contributed by atoms with van der Waals surface area (Å²) in [6.45, 7) is 0.590. The Balaban J connectivity index is 1.98. The molecule has 102 valence electrons. The molecule has 2 rings (SSSR count). The first-order valence-corrected chi connectivity index (χ1v) is 7.01. The highest BCUT2D eigenvalue weighted by Gasteiger charge is 2.05. The number of benzene rings is 1. The third-order valence-electron chi connectivity index (χ3n) is 2.60. The monoisotopic (exact) mass is 306 g/mol. The lowest BCUT2D eigenvalue weighted by Gasteiger charge is -2.05. The number of halogens is 1. The van der Waals surface area contributed by atoms with Gasteiger partial charge in [-0.05, 0) is 30.3 Å². The van der Waals surface area contributed by atoms with E-state index in [1.165, 1.54) is 11.3 Å². The van der Waals surface area contributed by atoms with Crippen LogP contribution < -0.4 is 5.32 Å². The predicted molar refractivity (Wildman–Crippen MR) is 79.2 cm³/mol. The van der Waals surface area contributed by atoms with Gasteiger partial charge in [-0.15, -0.1) is 11.3 Å². The second kappa shape index (κ2) is 6.42. The fourth-order valence-corrected chi connectivity index (χ4v) is 2.84. The number of hydrogen-bond donors (Lipinski definition) is 2. The highest BCUT2D eigenvalue weighted by molar-refractivity contribution is 7.12. The van der Waals surface area contributed by atoms with Crippen molar-refractivity contribution < 1.29 is 9.90 Å². The number of rotatable bonds is 5. The van der Waals surface area contributed by atoms with Crippen LogP contribution in [0.1, 0.15) is 15.3 Å². The van der Waals surface area contributed by atoms with Crippen LogP contribution in [0.25, 0.3) is 0 Å². The second-order valence-corrected chi connectivity index (χ2v) is 5.76. The first-order valence-electron chi connectivity index (χ1n) is 5.81. The molecule has 0 aliphatic carbocycles. The number of nitrogens with one attached hydrogen (secondary N) is 1. The van der Waals surface area contributed by atoms with Gasteiger partial charge in [0, 0.05) is 22.0 Å². The van der Waals surface area contributed by atoms with E-state index in [1.54, 1.807) is 18.2 Å². The van der Waals surface area contributed by atoms with Crippen molar-refractivity contribution in [1.29, 1.82) is 5.26 Å². The zero-order valence-corrected chi connectivity index (χ0v) is 12.0. The van der Waals surface area contributed by atoms with Crippen LogP contribution in [0.4, 0.5) is 5.69 Å². The molecule has 0 aliphatic heterocycles. The maximum absolute atomic E-state index is 10.6. The molecule has 0 unspecified atom stereocenters. The largest absolute Gasteiger partial charge is 0.481 e. The van der Waals surface area contributed by atoms with Gasteiger partial charge in [0.15, 0.2) is 0 Å². The third kappa shape index (κ3) is 3.73. The van der Waals surface area contributed by atoms with E-state index in [0.717, 1.165) is 15.4 Å². The molecule has 0 amide bonds. The molecule has 0 aliphatic rings. The van der Waals surface area contributed by atoms with Crippen molar-refractivity contribution >= 4 is 34.6 Å². The van der Waals surface area contributed by atoms with E-state index < -0.39 is 5.97 Å². The Labute approximate surface area is 125 Å². The van der Waals surface area contributed by atoms with Gasteiger partial charge < -0.3 is 10.4 Å². The van der Waals surface area contributed by atoms with E-state index >= 15 is 0 Å². The number of nitriles is 1. The van der Waals surface area contributed by atoms with Crippen LogP contribution in [0, 0.1) is 11.3 Å². The van der Waals surface area contributed by atoms with Gasteiger partial charge in [-0.2, -0.15) is 5.26 Å². The maximum atomic E-state index is 10.6. The van der Waals surface area contributed by atoms with Crippen molar-refractivity contribution in [3.05, 3.63) is 50.7 Å². The molecule has 0 fully saturated rings. The molecule has 4 nitrogen and oxygen atoms in total. The second-order valence-electron chi connectivity index (χ2n) is 4.10. The molecule has 1 heterocycles. The number of nitrogens with zero attached hydrogens (tertiary/aromatic N) is 1. The molecule has 0 saturated heterocycles. The lowest BCUT2D eigenvalue weighted by molar-refractivity contribution is -0.136. The van der Waals surface area contributed by atoms with E-state index in [2.05, 4.69) is 5.32 Å². The van der Waals surface area contributed by atoms with Crippen molar-refractivity contribution in [2.75, 3.05) is 5.32 Å². The van der Waals surface area contributed by atoms with Gasteiger partial charge in [0.1, 0.15) is 6.07 Å². The summed E-state index contributed by atoms with van der Waals surface area (Å²) in [7, 11) is 0. The lowest BCUT2D eigenvalue weighted by atomic mass is 10.2. The smallest absolute Gasteiger partial charge is 0.308 e. The summed E-state index contributed by atoms with van der Waals surface area (Å²) < 4.78 is 0. The van der Waals surface area contributed by atoms with Crippen LogP contribution in [-0.4, -0.2) is 11.1 Å². The van der Waals surface area contributed by atoms with Gasteiger partial charge in [-0.3, -0.25) is 4.79 Å². The Morgan fingerprint density at radius 2 is 2.10 bits per heavy atom. The molecule has 20 heavy (non-hydrogen) atoms. The number of anilines is 1. The predicted octanol–water partition coefficient (Wildman–Crippen LogP) is 3.51. The lowest BCUT2D eigenvalue weighted by Crippen LogP contribution is -1.98. The molecule has 0 atom stereocenters. The molecule has 2 N–H and O–H groups in total. The fourth-order valence-electron chi connectivity index (χ4n) is 1.67. The van der Waals surface area contributed by atoms with Crippen LogP contribution in [0.5, 0.6) is 0 Å². The van der Waals surface area contributed by atoms with Gasteiger partial charge >= 0.3 is 5.97 Å². The number of thiophene rings is 1. The van der Waals surface area contributed by atoms with E-state index in [0.29, 0.717) is 17.1 Å². The average molecular weight is 307 g/mol. The Morgan fingerprint density at radius 1 is 1.35 bits per heavy atom. The van der Waals surface area contributed by atoms with E-state index in [4.69, 9.17) is 22.0 Å². The highest BCUT2D eigenvalue weighted by Crippen LogP contribution is 2.22. The molecule has 0 radical (unpaired) electrons. The Morgan fingerprint density at radius 3 is 2.75 bits per heavy atom. The molecule has 1 aromatic heterocycles.